The smallest absolute Gasteiger partial charge is 0.239 e. The number of amidine groups is 1. The maximum atomic E-state index is 12.5. The number of benzene rings is 1. The predicted molar refractivity (Wildman–Crippen MR) is 133 cm³/mol. The Hall–Kier alpha value is -0.760. The molecule has 1 aromatic rings. The minimum Gasteiger partial charge on any atom is -0.317 e. The number of hydrogen-bond donors (Lipinski definition) is 2. The SMILES string of the molecule is Cl.Cl.O=C(CN1CCC(C2CCNCC2)CC1)NC1=NN(c2ccc(Cl)c(Cl)c2)CC1. The fourth-order valence-electron chi connectivity index (χ4n) is 4.68. The number of amides is 1. The molecule has 1 aromatic carbocycles. The summed E-state index contributed by atoms with van der Waals surface area (Å²) in [6.07, 6.45) is 5.75. The van der Waals surface area contributed by atoms with E-state index in [1.165, 1.54) is 25.7 Å². The molecule has 2 N–H and O–H groups in total. The molecule has 174 valence electrons. The Kier molecular flexibility index (Phi) is 10.7. The lowest BCUT2D eigenvalue weighted by Gasteiger charge is -2.37. The fourth-order valence-corrected chi connectivity index (χ4v) is 4.97. The molecule has 3 heterocycles. The van der Waals surface area contributed by atoms with Gasteiger partial charge < -0.3 is 10.6 Å². The third-order valence-corrected chi connectivity index (χ3v) is 7.08. The van der Waals surface area contributed by atoms with Crippen molar-refractivity contribution in [2.45, 2.75) is 32.1 Å². The highest BCUT2D eigenvalue weighted by atomic mass is 35.5. The molecular formula is C21H31Cl4N5O. The average Bonchev–Trinajstić information content (AvgIpc) is 3.19. The molecule has 3 aliphatic heterocycles. The Morgan fingerprint density at radius 3 is 2.39 bits per heavy atom. The van der Waals surface area contributed by atoms with Crippen LogP contribution in [0.1, 0.15) is 32.1 Å². The van der Waals surface area contributed by atoms with Gasteiger partial charge in [-0.3, -0.25) is 14.7 Å². The molecule has 2 fully saturated rings. The van der Waals surface area contributed by atoms with Gasteiger partial charge in [0.25, 0.3) is 0 Å². The van der Waals surface area contributed by atoms with E-state index in [1.807, 2.05) is 11.1 Å². The van der Waals surface area contributed by atoms with Crippen LogP contribution in [0.5, 0.6) is 0 Å². The molecule has 0 aliphatic carbocycles. The first-order chi connectivity index (χ1) is 14.1. The lowest BCUT2D eigenvalue weighted by atomic mass is 9.79. The standard InChI is InChI=1S/C21H29Cl2N5O.2ClH/c22-18-2-1-17(13-19(18)23)28-12-7-20(26-28)25-21(29)14-27-10-5-16(6-11-27)15-3-8-24-9-4-15;;/h1-2,13,15-16,24H,3-12,14H2,(H,25,26,29);2*1H. The van der Waals surface area contributed by atoms with Crippen LogP contribution in [0.2, 0.25) is 10.0 Å². The van der Waals surface area contributed by atoms with Crippen LogP contribution in [0.25, 0.3) is 0 Å². The zero-order chi connectivity index (χ0) is 20.2. The first-order valence-corrected chi connectivity index (χ1v) is 11.4. The molecule has 4 rings (SSSR count). The Morgan fingerprint density at radius 2 is 1.71 bits per heavy atom. The van der Waals surface area contributed by atoms with Crippen LogP contribution in [-0.2, 0) is 4.79 Å². The summed E-state index contributed by atoms with van der Waals surface area (Å²) in [5, 5.41) is 13.8. The topological polar surface area (TPSA) is 60.0 Å². The number of nitrogens with zero attached hydrogens (tertiary/aromatic N) is 3. The van der Waals surface area contributed by atoms with Crippen molar-refractivity contribution < 1.29 is 4.79 Å². The van der Waals surface area contributed by atoms with E-state index in [2.05, 4.69) is 20.6 Å². The van der Waals surface area contributed by atoms with Gasteiger partial charge in [-0.1, -0.05) is 23.2 Å². The van der Waals surface area contributed by atoms with Crippen molar-refractivity contribution in [1.29, 1.82) is 0 Å². The van der Waals surface area contributed by atoms with Gasteiger partial charge in [-0.2, -0.15) is 5.10 Å². The molecule has 31 heavy (non-hydrogen) atoms. The number of likely N-dealkylation sites (tertiary alicyclic amines) is 1. The molecular weight excluding hydrogens is 480 g/mol. The zero-order valence-electron chi connectivity index (χ0n) is 17.5. The Labute approximate surface area is 206 Å². The molecule has 3 aliphatic rings. The number of halogens is 4. The van der Waals surface area contributed by atoms with Crippen molar-refractivity contribution in [2.75, 3.05) is 44.3 Å². The van der Waals surface area contributed by atoms with Crippen LogP contribution in [0.4, 0.5) is 5.69 Å². The third-order valence-electron chi connectivity index (χ3n) is 6.34. The number of carbonyl (C=O) groups excluding carboxylic acids is 1. The normalized spacial score (nSPS) is 20.6. The van der Waals surface area contributed by atoms with E-state index in [-0.39, 0.29) is 30.7 Å². The van der Waals surface area contributed by atoms with Gasteiger partial charge in [-0.25, -0.2) is 0 Å². The first-order valence-electron chi connectivity index (χ1n) is 10.6. The number of anilines is 1. The predicted octanol–water partition coefficient (Wildman–Crippen LogP) is 4.19. The molecule has 0 atom stereocenters. The summed E-state index contributed by atoms with van der Waals surface area (Å²) in [5.74, 6) is 2.44. The van der Waals surface area contributed by atoms with Crippen molar-refractivity contribution in [3.05, 3.63) is 28.2 Å². The number of piperidine rings is 2. The summed E-state index contributed by atoms with van der Waals surface area (Å²) in [7, 11) is 0. The zero-order valence-corrected chi connectivity index (χ0v) is 20.6. The van der Waals surface area contributed by atoms with E-state index in [0.717, 1.165) is 50.2 Å². The molecule has 2 saturated heterocycles. The monoisotopic (exact) mass is 509 g/mol. The van der Waals surface area contributed by atoms with E-state index >= 15 is 0 Å². The van der Waals surface area contributed by atoms with E-state index in [1.54, 1.807) is 12.1 Å². The van der Waals surface area contributed by atoms with Gasteiger partial charge in [0, 0.05) is 13.0 Å². The van der Waals surface area contributed by atoms with Gasteiger partial charge in [0.05, 0.1) is 22.3 Å². The first kappa shape index (κ1) is 26.5. The van der Waals surface area contributed by atoms with E-state index in [9.17, 15) is 4.79 Å². The van der Waals surface area contributed by atoms with Crippen LogP contribution in [0.3, 0.4) is 0 Å². The number of nitrogens with one attached hydrogen (secondary N) is 2. The molecule has 1 amide bonds. The van der Waals surface area contributed by atoms with Gasteiger partial charge in [0.2, 0.25) is 5.91 Å². The quantitative estimate of drug-likeness (QED) is 0.637. The summed E-state index contributed by atoms with van der Waals surface area (Å²) >= 11 is 12.1. The summed E-state index contributed by atoms with van der Waals surface area (Å²) in [6, 6.07) is 5.44. The van der Waals surface area contributed by atoms with E-state index in [0.29, 0.717) is 28.8 Å². The van der Waals surface area contributed by atoms with Gasteiger partial charge in [0.15, 0.2) is 0 Å². The lowest BCUT2D eigenvalue weighted by molar-refractivity contribution is -0.121. The fraction of sp³-hybridized carbons (Fsp3) is 0.619. The van der Waals surface area contributed by atoms with Crippen molar-refractivity contribution in [1.82, 2.24) is 15.5 Å². The lowest BCUT2D eigenvalue weighted by Crippen LogP contribution is -2.44. The largest absolute Gasteiger partial charge is 0.317 e. The van der Waals surface area contributed by atoms with Crippen molar-refractivity contribution in [3.8, 4) is 0 Å². The van der Waals surface area contributed by atoms with Crippen molar-refractivity contribution in [3.63, 3.8) is 0 Å². The summed E-state index contributed by atoms with van der Waals surface area (Å²) < 4.78 is 0. The van der Waals surface area contributed by atoms with Gasteiger partial charge in [-0.15, -0.1) is 24.8 Å². The highest BCUT2D eigenvalue weighted by molar-refractivity contribution is 6.42. The van der Waals surface area contributed by atoms with Gasteiger partial charge in [-0.05, 0) is 81.9 Å². The summed E-state index contributed by atoms with van der Waals surface area (Å²) in [4.78, 5) is 14.8. The van der Waals surface area contributed by atoms with Crippen molar-refractivity contribution in [2.24, 2.45) is 16.9 Å². The number of hydrazone groups is 1. The number of carbonyl (C=O) groups is 1. The second-order valence-corrected chi connectivity index (χ2v) is 9.08. The summed E-state index contributed by atoms with van der Waals surface area (Å²) in [6.45, 7) is 5.52. The highest BCUT2D eigenvalue weighted by Crippen LogP contribution is 2.31. The molecule has 6 nitrogen and oxygen atoms in total. The van der Waals surface area contributed by atoms with Gasteiger partial charge >= 0.3 is 0 Å². The van der Waals surface area contributed by atoms with Crippen LogP contribution >= 0.6 is 48.0 Å². The molecule has 0 saturated carbocycles. The minimum atomic E-state index is 0. The van der Waals surface area contributed by atoms with Crippen molar-refractivity contribution >= 4 is 65.4 Å². The maximum Gasteiger partial charge on any atom is 0.239 e. The molecule has 0 unspecified atom stereocenters. The second-order valence-electron chi connectivity index (χ2n) is 8.27. The third kappa shape index (κ3) is 7.11. The molecule has 10 heteroatoms. The molecule has 0 radical (unpaired) electrons. The highest BCUT2D eigenvalue weighted by Gasteiger charge is 2.28. The summed E-state index contributed by atoms with van der Waals surface area (Å²) in [5.41, 5.74) is 0.878. The van der Waals surface area contributed by atoms with Crippen LogP contribution in [0, 0.1) is 11.8 Å². The Bertz CT molecular complexity index is 764. The Morgan fingerprint density at radius 1 is 1.03 bits per heavy atom. The number of hydrogen-bond acceptors (Lipinski definition) is 5. The van der Waals surface area contributed by atoms with E-state index < -0.39 is 0 Å². The van der Waals surface area contributed by atoms with Gasteiger partial charge in [0.1, 0.15) is 5.84 Å². The average molecular weight is 511 g/mol. The molecule has 0 aromatic heterocycles. The van der Waals surface area contributed by atoms with E-state index in [4.69, 9.17) is 23.2 Å². The van der Waals surface area contributed by atoms with Crippen LogP contribution in [-0.4, -0.2) is 55.9 Å². The second kappa shape index (κ2) is 12.5. The maximum absolute atomic E-state index is 12.5. The van der Waals surface area contributed by atoms with Crippen LogP contribution < -0.4 is 15.6 Å². The molecule has 0 bridgehead atoms. The van der Waals surface area contributed by atoms with Crippen LogP contribution in [0.15, 0.2) is 23.3 Å². The number of rotatable bonds is 4. The molecule has 0 spiro atoms. The Balaban J connectivity index is 0.00000171. The minimum absolute atomic E-state index is 0.